The fourth-order valence-corrected chi connectivity index (χ4v) is 2.87. The van der Waals surface area contributed by atoms with Crippen LogP contribution in [0.2, 0.25) is 0 Å². The minimum absolute atomic E-state index is 0.771. The quantitative estimate of drug-likeness (QED) is 0.454. The van der Waals surface area contributed by atoms with Gasteiger partial charge in [0, 0.05) is 34.6 Å². The van der Waals surface area contributed by atoms with Crippen LogP contribution in [-0.4, -0.2) is 15.0 Å². The van der Waals surface area contributed by atoms with Crippen LogP contribution in [0.25, 0.3) is 44.2 Å². The molecule has 0 fully saturated rings. The maximum absolute atomic E-state index is 5.87. The topological polar surface area (TPSA) is 51.8 Å². The standard InChI is InChI=1S/C19H11N3O/c1-2-4-15-12(3-1)5-6-16(22-15)17-9-18-14(10-21-17)13-7-8-20-11-19(13)23-18/h1-11H. The predicted octanol–water partition coefficient (Wildman–Crippen LogP) is 4.59. The number of benzene rings is 1. The molecule has 0 aliphatic rings. The molecule has 4 aromatic heterocycles. The van der Waals surface area contributed by atoms with Gasteiger partial charge in [0.05, 0.1) is 23.1 Å². The van der Waals surface area contributed by atoms with Crippen molar-refractivity contribution in [3.8, 4) is 11.4 Å². The van der Waals surface area contributed by atoms with Gasteiger partial charge in [-0.15, -0.1) is 0 Å². The van der Waals surface area contributed by atoms with E-state index in [1.54, 1.807) is 12.4 Å². The summed E-state index contributed by atoms with van der Waals surface area (Å²) in [6.07, 6.45) is 5.33. The average molecular weight is 297 g/mol. The Balaban J connectivity index is 1.73. The van der Waals surface area contributed by atoms with Crippen molar-refractivity contribution in [2.24, 2.45) is 0 Å². The molecule has 5 rings (SSSR count). The highest BCUT2D eigenvalue weighted by Crippen LogP contribution is 2.30. The second-order valence-corrected chi connectivity index (χ2v) is 5.43. The molecule has 0 bridgehead atoms. The van der Waals surface area contributed by atoms with Crippen LogP contribution in [0, 0.1) is 0 Å². The van der Waals surface area contributed by atoms with Gasteiger partial charge >= 0.3 is 0 Å². The van der Waals surface area contributed by atoms with Crippen molar-refractivity contribution in [1.29, 1.82) is 0 Å². The molecule has 23 heavy (non-hydrogen) atoms. The van der Waals surface area contributed by atoms with Crippen molar-refractivity contribution in [2.45, 2.75) is 0 Å². The van der Waals surface area contributed by atoms with Crippen LogP contribution in [0.1, 0.15) is 0 Å². The lowest BCUT2D eigenvalue weighted by Crippen LogP contribution is -1.88. The summed E-state index contributed by atoms with van der Waals surface area (Å²) in [6.45, 7) is 0. The van der Waals surface area contributed by atoms with Crippen LogP contribution < -0.4 is 0 Å². The first-order chi connectivity index (χ1) is 11.4. The van der Waals surface area contributed by atoms with E-state index in [9.17, 15) is 0 Å². The molecule has 0 unspecified atom stereocenters. The number of nitrogens with zero attached hydrogens (tertiary/aromatic N) is 3. The smallest absolute Gasteiger partial charge is 0.153 e. The Morgan fingerprint density at radius 3 is 2.74 bits per heavy atom. The van der Waals surface area contributed by atoms with E-state index in [1.165, 1.54) is 0 Å². The Kier molecular flexibility index (Phi) is 2.46. The lowest BCUT2D eigenvalue weighted by molar-refractivity contribution is 0.666. The summed E-state index contributed by atoms with van der Waals surface area (Å²) in [4.78, 5) is 13.3. The molecular weight excluding hydrogens is 286 g/mol. The van der Waals surface area contributed by atoms with Crippen LogP contribution >= 0.6 is 0 Å². The number of rotatable bonds is 1. The Bertz CT molecular complexity index is 1180. The van der Waals surface area contributed by atoms with Gasteiger partial charge in [-0.3, -0.25) is 9.97 Å². The number of furan rings is 1. The van der Waals surface area contributed by atoms with Crippen molar-refractivity contribution < 1.29 is 4.42 Å². The van der Waals surface area contributed by atoms with Gasteiger partial charge < -0.3 is 4.42 Å². The first kappa shape index (κ1) is 12.3. The first-order valence-electron chi connectivity index (χ1n) is 7.37. The number of hydrogen-bond acceptors (Lipinski definition) is 4. The summed E-state index contributed by atoms with van der Waals surface area (Å²) in [5, 5.41) is 3.14. The molecule has 4 heterocycles. The minimum Gasteiger partial charge on any atom is -0.454 e. The molecule has 0 N–H and O–H groups in total. The lowest BCUT2D eigenvalue weighted by atomic mass is 10.1. The SMILES string of the molecule is c1ccc2nc(-c3cc4oc5cnccc5c4cn3)ccc2c1. The van der Waals surface area contributed by atoms with Crippen LogP contribution in [0.5, 0.6) is 0 Å². The second kappa shape index (κ2) is 4.61. The van der Waals surface area contributed by atoms with Gasteiger partial charge in [0.15, 0.2) is 5.58 Å². The van der Waals surface area contributed by atoms with Crippen molar-refractivity contribution >= 4 is 32.8 Å². The number of aromatic nitrogens is 3. The molecule has 0 radical (unpaired) electrons. The summed E-state index contributed by atoms with van der Waals surface area (Å²) in [5.41, 5.74) is 4.17. The third-order valence-corrected chi connectivity index (χ3v) is 4.02. The monoisotopic (exact) mass is 297 g/mol. The van der Waals surface area contributed by atoms with E-state index in [-0.39, 0.29) is 0 Å². The largest absolute Gasteiger partial charge is 0.454 e. The zero-order valence-electron chi connectivity index (χ0n) is 12.1. The van der Waals surface area contributed by atoms with Gasteiger partial charge in [0.2, 0.25) is 0 Å². The Morgan fingerprint density at radius 1 is 0.783 bits per heavy atom. The first-order valence-corrected chi connectivity index (χ1v) is 7.37. The van der Waals surface area contributed by atoms with Crippen LogP contribution in [0.15, 0.2) is 71.5 Å². The molecule has 0 saturated heterocycles. The van der Waals surface area contributed by atoms with Crippen LogP contribution in [0.3, 0.4) is 0 Å². The van der Waals surface area contributed by atoms with Crippen molar-refractivity contribution in [3.63, 3.8) is 0 Å². The summed E-state index contributed by atoms with van der Waals surface area (Å²) < 4.78 is 5.87. The summed E-state index contributed by atoms with van der Waals surface area (Å²) in [5.74, 6) is 0. The molecule has 0 saturated carbocycles. The third-order valence-electron chi connectivity index (χ3n) is 4.02. The highest BCUT2D eigenvalue weighted by atomic mass is 16.3. The second-order valence-electron chi connectivity index (χ2n) is 5.43. The molecule has 0 amide bonds. The molecular formula is C19H11N3O. The fourth-order valence-electron chi connectivity index (χ4n) is 2.87. The van der Waals surface area contributed by atoms with E-state index >= 15 is 0 Å². The van der Waals surface area contributed by atoms with E-state index in [0.717, 1.165) is 44.2 Å². The van der Waals surface area contributed by atoms with E-state index in [1.807, 2.05) is 42.6 Å². The van der Waals surface area contributed by atoms with Crippen molar-refractivity contribution in [2.75, 3.05) is 0 Å². The minimum atomic E-state index is 0.771. The van der Waals surface area contributed by atoms with Gasteiger partial charge in [-0.1, -0.05) is 24.3 Å². The molecule has 0 aliphatic heterocycles. The summed E-state index contributed by atoms with van der Waals surface area (Å²) >= 11 is 0. The van der Waals surface area contributed by atoms with E-state index in [2.05, 4.69) is 27.1 Å². The van der Waals surface area contributed by atoms with Crippen molar-refractivity contribution in [1.82, 2.24) is 15.0 Å². The van der Waals surface area contributed by atoms with E-state index < -0.39 is 0 Å². The third kappa shape index (κ3) is 1.89. The van der Waals surface area contributed by atoms with E-state index in [0.29, 0.717) is 0 Å². The highest BCUT2D eigenvalue weighted by Gasteiger charge is 2.10. The molecule has 4 nitrogen and oxygen atoms in total. The zero-order valence-corrected chi connectivity index (χ0v) is 12.1. The maximum Gasteiger partial charge on any atom is 0.153 e. The highest BCUT2D eigenvalue weighted by molar-refractivity contribution is 6.04. The molecule has 5 aromatic rings. The van der Waals surface area contributed by atoms with Gasteiger partial charge in [-0.25, -0.2) is 4.98 Å². The molecule has 0 atom stereocenters. The van der Waals surface area contributed by atoms with Gasteiger partial charge in [0.1, 0.15) is 5.58 Å². The van der Waals surface area contributed by atoms with Crippen LogP contribution in [0.4, 0.5) is 0 Å². The van der Waals surface area contributed by atoms with E-state index in [4.69, 9.17) is 4.42 Å². The number of hydrogen-bond donors (Lipinski definition) is 0. The molecule has 1 aromatic carbocycles. The Labute approximate surface area is 131 Å². The normalized spacial score (nSPS) is 11.5. The average Bonchev–Trinajstić information content (AvgIpc) is 2.99. The van der Waals surface area contributed by atoms with Gasteiger partial charge in [-0.2, -0.15) is 0 Å². The zero-order chi connectivity index (χ0) is 15.2. The summed E-state index contributed by atoms with van der Waals surface area (Å²) in [7, 11) is 0. The van der Waals surface area contributed by atoms with Crippen LogP contribution in [-0.2, 0) is 0 Å². The number of fused-ring (bicyclic) bond motifs is 4. The molecule has 4 heteroatoms. The molecule has 0 spiro atoms. The number of para-hydroxylation sites is 1. The molecule has 108 valence electrons. The maximum atomic E-state index is 5.87. The lowest BCUT2D eigenvalue weighted by Gasteiger charge is -2.02. The Morgan fingerprint density at radius 2 is 1.74 bits per heavy atom. The van der Waals surface area contributed by atoms with Gasteiger partial charge in [-0.05, 0) is 18.2 Å². The Hall–Kier alpha value is -3.27. The number of pyridine rings is 3. The molecule has 0 aliphatic carbocycles. The fraction of sp³-hybridized carbons (Fsp3) is 0. The summed E-state index contributed by atoms with van der Waals surface area (Å²) in [6, 6.07) is 16.0. The van der Waals surface area contributed by atoms with Gasteiger partial charge in [0.25, 0.3) is 0 Å². The van der Waals surface area contributed by atoms with Crippen molar-refractivity contribution in [3.05, 3.63) is 67.1 Å². The predicted molar refractivity (Wildman–Crippen MR) is 90.0 cm³/mol.